The Kier molecular flexibility index (Phi) is 6.67. The number of anilines is 1. The van der Waals surface area contributed by atoms with Gasteiger partial charge in [-0.3, -0.25) is 14.4 Å². The highest BCUT2D eigenvalue weighted by Crippen LogP contribution is 2.54. The van der Waals surface area contributed by atoms with Crippen molar-refractivity contribution in [1.82, 2.24) is 4.98 Å². The topological polar surface area (TPSA) is 106 Å². The summed E-state index contributed by atoms with van der Waals surface area (Å²) in [6, 6.07) is 12.0. The minimum absolute atomic E-state index is 0.214. The Morgan fingerprint density at radius 2 is 1.86 bits per heavy atom. The van der Waals surface area contributed by atoms with Crippen LogP contribution in [0.4, 0.5) is 5.69 Å². The summed E-state index contributed by atoms with van der Waals surface area (Å²) in [5.74, 6) is -2.42. The van der Waals surface area contributed by atoms with Crippen molar-refractivity contribution >= 4 is 58.2 Å². The lowest BCUT2D eigenvalue weighted by atomic mass is 9.82. The summed E-state index contributed by atoms with van der Waals surface area (Å²) in [4.78, 5) is 56.0. The molecule has 186 valence electrons. The van der Waals surface area contributed by atoms with Gasteiger partial charge in [-0.1, -0.05) is 52.4 Å². The first-order chi connectivity index (χ1) is 17.3. The largest absolute Gasteiger partial charge is 0.482 e. The molecule has 36 heavy (non-hydrogen) atoms. The first kappa shape index (κ1) is 24.6. The maximum Gasteiger partial charge on any atom is 0.344 e. The van der Waals surface area contributed by atoms with Gasteiger partial charge in [0.05, 0.1) is 23.2 Å². The third-order valence-electron chi connectivity index (χ3n) is 6.07. The van der Waals surface area contributed by atoms with Crippen LogP contribution < -0.4 is 14.5 Å². The molecule has 0 saturated carbocycles. The number of esters is 1. The highest BCUT2D eigenvalue weighted by atomic mass is 35.5. The van der Waals surface area contributed by atoms with E-state index >= 15 is 0 Å². The lowest BCUT2D eigenvalue weighted by Crippen LogP contribution is -2.32. The molecule has 0 bridgehead atoms. The van der Waals surface area contributed by atoms with Gasteiger partial charge in [-0.25, -0.2) is 9.69 Å². The zero-order chi connectivity index (χ0) is 25.6. The lowest BCUT2D eigenvalue weighted by Gasteiger charge is -2.31. The number of imide groups is 1. The molecule has 11 heteroatoms. The van der Waals surface area contributed by atoms with Crippen LogP contribution in [0.15, 0.2) is 52.3 Å². The van der Waals surface area contributed by atoms with Crippen molar-refractivity contribution in [1.29, 1.82) is 0 Å². The highest BCUT2D eigenvalue weighted by Gasteiger charge is 2.56. The summed E-state index contributed by atoms with van der Waals surface area (Å²) < 4.78 is 10.7. The van der Waals surface area contributed by atoms with Gasteiger partial charge in [0, 0.05) is 21.4 Å². The first-order valence-electron chi connectivity index (χ1n) is 11.2. The number of rotatable bonds is 6. The number of aromatic nitrogens is 1. The summed E-state index contributed by atoms with van der Waals surface area (Å²) in [5.41, 5.74) is 2.01. The quantitative estimate of drug-likeness (QED) is 0.367. The Bertz CT molecular complexity index is 1420. The number of hydrogen-bond donors (Lipinski definition) is 1. The third kappa shape index (κ3) is 4.33. The van der Waals surface area contributed by atoms with Crippen LogP contribution in [-0.4, -0.2) is 41.2 Å². The number of ether oxygens (including phenoxy) is 2. The van der Waals surface area contributed by atoms with Gasteiger partial charge >= 0.3 is 10.8 Å². The van der Waals surface area contributed by atoms with Crippen molar-refractivity contribution in [2.24, 2.45) is 5.92 Å². The molecule has 2 aliphatic rings. The van der Waals surface area contributed by atoms with Gasteiger partial charge in [0.25, 0.3) is 0 Å². The summed E-state index contributed by atoms with van der Waals surface area (Å²) in [7, 11) is 0. The Balaban J connectivity index is 1.61. The number of hydrogen-bond acceptors (Lipinski definition) is 8. The van der Waals surface area contributed by atoms with Crippen molar-refractivity contribution in [2.75, 3.05) is 18.1 Å². The maximum absolute atomic E-state index is 13.8. The predicted octanol–water partition coefficient (Wildman–Crippen LogP) is 4.14. The second-order valence-corrected chi connectivity index (χ2v) is 11.0. The molecule has 0 aliphatic carbocycles. The summed E-state index contributed by atoms with van der Waals surface area (Å²) >= 11 is 8.52. The molecule has 1 fully saturated rings. The molecular formula is C25H21ClN2O6S2. The van der Waals surface area contributed by atoms with Crippen LogP contribution in [0.2, 0.25) is 5.02 Å². The third-order valence-corrected chi connectivity index (χ3v) is 8.71. The number of thiazole rings is 1. The summed E-state index contributed by atoms with van der Waals surface area (Å²) in [6.45, 7) is 3.50. The second kappa shape index (κ2) is 9.76. The van der Waals surface area contributed by atoms with Crippen LogP contribution in [0.3, 0.4) is 0 Å². The SMILES string of the molecule is CCOC(=O)COc1ccc(Cl)cc1C1c2sc(=O)[nH]c2SC2C(=O)N(c3ccc(C)cc3)C(=O)C21. The Morgan fingerprint density at radius 3 is 2.58 bits per heavy atom. The molecule has 2 aromatic carbocycles. The number of H-pyrrole nitrogens is 1. The van der Waals surface area contributed by atoms with E-state index < -0.39 is 23.1 Å². The van der Waals surface area contributed by atoms with Crippen molar-refractivity contribution in [3.05, 3.63) is 73.2 Å². The van der Waals surface area contributed by atoms with Crippen LogP contribution in [0.25, 0.3) is 0 Å². The molecule has 3 heterocycles. The van der Waals surface area contributed by atoms with Gasteiger partial charge in [0.1, 0.15) is 11.0 Å². The number of aryl methyl sites for hydroxylation is 1. The molecule has 5 rings (SSSR count). The number of halogens is 1. The summed E-state index contributed by atoms with van der Waals surface area (Å²) in [6.07, 6.45) is 0. The molecule has 0 radical (unpaired) electrons. The molecule has 3 aromatic rings. The molecule has 1 N–H and O–H groups in total. The average Bonchev–Trinajstić information content (AvgIpc) is 3.33. The van der Waals surface area contributed by atoms with Gasteiger partial charge in [0.2, 0.25) is 11.8 Å². The predicted molar refractivity (Wildman–Crippen MR) is 137 cm³/mol. The first-order valence-corrected chi connectivity index (χ1v) is 13.3. The van der Waals surface area contributed by atoms with Crippen LogP contribution in [0.5, 0.6) is 5.75 Å². The normalized spacial score (nSPS) is 20.8. The smallest absolute Gasteiger partial charge is 0.344 e. The van der Waals surface area contributed by atoms with E-state index in [-0.39, 0.29) is 29.9 Å². The van der Waals surface area contributed by atoms with Crippen LogP contribution in [0.1, 0.15) is 28.8 Å². The Morgan fingerprint density at radius 1 is 1.11 bits per heavy atom. The minimum atomic E-state index is -0.800. The number of benzene rings is 2. The summed E-state index contributed by atoms with van der Waals surface area (Å²) in [5, 5.41) is 0.178. The molecule has 2 amide bonds. The Hall–Kier alpha value is -3.08. The number of nitrogens with zero attached hydrogens (tertiary/aromatic N) is 1. The van der Waals surface area contributed by atoms with E-state index in [1.165, 1.54) is 16.7 Å². The molecule has 3 unspecified atom stereocenters. The van der Waals surface area contributed by atoms with Crippen molar-refractivity contribution < 1.29 is 23.9 Å². The van der Waals surface area contributed by atoms with Gasteiger partial charge < -0.3 is 14.5 Å². The zero-order valence-corrected chi connectivity index (χ0v) is 21.7. The molecule has 0 spiro atoms. The highest BCUT2D eigenvalue weighted by molar-refractivity contribution is 8.00. The average molecular weight is 545 g/mol. The monoisotopic (exact) mass is 544 g/mol. The van der Waals surface area contributed by atoms with E-state index in [1.807, 2.05) is 19.1 Å². The number of aromatic amines is 1. The molecule has 2 aliphatic heterocycles. The van der Waals surface area contributed by atoms with Crippen LogP contribution >= 0.6 is 34.7 Å². The minimum Gasteiger partial charge on any atom is -0.482 e. The molecule has 8 nitrogen and oxygen atoms in total. The van der Waals surface area contributed by atoms with E-state index in [0.717, 1.165) is 16.9 Å². The fourth-order valence-electron chi connectivity index (χ4n) is 4.53. The number of nitrogens with one attached hydrogen (secondary N) is 1. The van der Waals surface area contributed by atoms with Crippen molar-refractivity contribution in [3.63, 3.8) is 0 Å². The number of carbonyl (C=O) groups is 3. The second-order valence-electron chi connectivity index (χ2n) is 8.37. The molecule has 3 atom stereocenters. The lowest BCUT2D eigenvalue weighted by molar-refractivity contribution is -0.145. The van der Waals surface area contributed by atoms with Crippen LogP contribution in [-0.2, 0) is 19.1 Å². The fourth-order valence-corrected chi connectivity index (χ4v) is 7.22. The number of fused-ring (bicyclic) bond motifs is 2. The van der Waals surface area contributed by atoms with E-state index in [1.54, 1.807) is 37.3 Å². The van der Waals surface area contributed by atoms with E-state index in [4.69, 9.17) is 21.1 Å². The standard InChI is InChI=1S/C25H21ClN2O6S2/c1-3-33-17(29)11-34-16-9-6-13(26)10-15(16)18-19-21(35-22-20(18)36-25(32)27-22)24(31)28(23(19)30)14-7-4-12(2)5-8-14/h4-10,18-19,21H,3,11H2,1-2H3,(H,27,32). The van der Waals surface area contributed by atoms with Crippen LogP contribution in [0, 0.1) is 12.8 Å². The zero-order valence-electron chi connectivity index (χ0n) is 19.3. The van der Waals surface area contributed by atoms with Gasteiger partial charge in [0.15, 0.2) is 6.61 Å². The Labute approximate surface area is 219 Å². The van der Waals surface area contributed by atoms with Gasteiger partial charge in [-0.15, -0.1) is 0 Å². The van der Waals surface area contributed by atoms with Crippen molar-refractivity contribution in [2.45, 2.75) is 30.0 Å². The molecule has 1 aromatic heterocycles. The van der Waals surface area contributed by atoms with E-state index in [9.17, 15) is 19.2 Å². The van der Waals surface area contributed by atoms with E-state index in [0.29, 0.717) is 31.9 Å². The van der Waals surface area contributed by atoms with E-state index in [2.05, 4.69) is 4.98 Å². The maximum atomic E-state index is 13.8. The van der Waals surface area contributed by atoms with Gasteiger partial charge in [-0.2, -0.15) is 0 Å². The number of carbonyl (C=O) groups excluding carboxylic acids is 3. The number of amides is 2. The van der Waals surface area contributed by atoms with Gasteiger partial charge in [-0.05, 0) is 44.2 Å². The molecular weight excluding hydrogens is 524 g/mol. The molecule has 1 saturated heterocycles. The van der Waals surface area contributed by atoms with Crippen molar-refractivity contribution in [3.8, 4) is 5.75 Å². The number of thioether (sulfide) groups is 1. The fraction of sp³-hybridized carbons (Fsp3) is 0.280.